The maximum Gasteiger partial charge on any atom is 0.150 e. The van der Waals surface area contributed by atoms with Gasteiger partial charge in [0.1, 0.15) is 5.82 Å². The highest BCUT2D eigenvalue weighted by molar-refractivity contribution is 5.48. The number of halogens is 1. The Balaban J connectivity index is 2.10. The third kappa shape index (κ3) is 1.59. The predicted octanol–water partition coefficient (Wildman–Crippen LogP) is 1.54. The minimum atomic E-state index is -0.248. The summed E-state index contributed by atoms with van der Waals surface area (Å²) >= 11 is 0. The molecule has 0 atom stereocenters. The van der Waals surface area contributed by atoms with Gasteiger partial charge < -0.3 is 5.73 Å². The fraction of sp³-hybridized carbons (Fsp3) is 0.250. The molecular weight excluding hydrogens is 219 g/mol. The van der Waals surface area contributed by atoms with Gasteiger partial charge in [-0.3, -0.25) is 4.90 Å². The van der Waals surface area contributed by atoms with Gasteiger partial charge in [0.05, 0.1) is 11.4 Å². The molecule has 0 bridgehead atoms. The minimum Gasteiger partial charge on any atom is -0.382 e. The van der Waals surface area contributed by atoms with Gasteiger partial charge in [0.15, 0.2) is 5.82 Å². The van der Waals surface area contributed by atoms with Crippen LogP contribution in [0.3, 0.4) is 0 Å². The number of benzene rings is 1. The topological polar surface area (TPSA) is 47.1 Å². The molecule has 0 amide bonds. The summed E-state index contributed by atoms with van der Waals surface area (Å²) in [4.78, 5) is 2.17. The molecule has 1 aromatic heterocycles. The Morgan fingerprint density at radius 3 is 2.65 bits per heavy atom. The fourth-order valence-corrected chi connectivity index (χ4v) is 2.22. The van der Waals surface area contributed by atoms with Crippen LogP contribution in [-0.2, 0) is 13.1 Å². The molecule has 3 rings (SSSR count). The standard InChI is InChI=1S/C12H13FN4/c1-16-6-10-11(7-16)17(15-12(10)14)9-4-2-8(13)3-5-9/h2-5H,6-7H2,1H3,(H2,14,15). The van der Waals surface area contributed by atoms with Gasteiger partial charge in [-0.25, -0.2) is 9.07 Å². The third-order valence-electron chi connectivity index (χ3n) is 3.04. The summed E-state index contributed by atoms with van der Waals surface area (Å²) in [6.45, 7) is 1.64. The molecule has 0 radical (unpaired) electrons. The highest BCUT2D eigenvalue weighted by Crippen LogP contribution is 2.28. The predicted molar refractivity (Wildman–Crippen MR) is 63.1 cm³/mol. The van der Waals surface area contributed by atoms with Gasteiger partial charge in [-0.1, -0.05) is 0 Å². The van der Waals surface area contributed by atoms with Gasteiger partial charge in [0.25, 0.3) is 0 Å². The van der Waals surface area contributed by atoms with Crippen LogP contribution in [0.15, 0.2) is 24.3 Å². The quantitative estimate of drug-likeness (QED) is 0.811. The number of fused-ring (bicyclic) bond motifs is 1. The summed E-state index contributed by atoms with van der Waals surface area (Å²) in [7, 11) is 2.04. The van der Waals surface area contributed by atoms with E-state index in [9.17, 15) is 4.39 Å². The molecule has 88 valence electrons. The van der Waals surface area contributed by atoms with Gasteiger partial charge in [-0.05, 0) is 31.3 Å². The number of rotatable bonds is 1. The Morgan fingerprint density at radius 2 is 1.94 bits per heavy atom. The van der Waals surface area contributed by atoms with Gasteiger partial charge in [-0.15, -0.1) is 0 Å². The van der Waals surface area contributed by atoms with Crippen molar-refractivity contribution in [2.45, 2.75) is 13.1 Å². The molecule has 17 heavy (non-hydrogen) atoms. The second kappa shape index (κ2) is 3.56. The SMILES string of the molecule is CN1Cc2c(N)nn(-c3ccc(F)cc3)c2C1. The minimum absolute atomic E-state index is 0.248. The number of aromatic nitrogens is 2. The summed E-state index contributed by atoms with van der Waals surface area (Å²) in [6.07, 6.45) is 0. The van der Waals surface area contributed by atoms with E-state index in [1.807, 2.05) is 7.05 Å². The van der Waals surface area contributed by atoms with E-state index in [0.29, 0.717) is 5.82 Å². The number of nitrogens with two attached hydrogens (primary N) is 1. The number of hydrogen-bond donors (Lipinski definition) is 1. The van der Waals surface area contributed by atoms with Crippen molar-refractivity contribution in [1.29, 1.82) is 0 Å². The summed E-state index contributed by atoms with van der Waals surface area (Å²) in [5.41, 5.74) is 8.91. The van der Waals surface area contributed by atoms with Crippen molar-refractivity contribution >= 4 is 5.82 Å². The van der Waals surface area contributed by atoms with Crippen LogP contribution in [0, 0.1) is 5.82 Å². The lowest BCUT2D eigenvalue weighted by molar-refractivity contribution is 0.346. The molecule has 4 nitrogen and oxygen atoms in total. The van der Waals surface area contributed by atoms with Gasteiger partial charge in [0, 0.05) is 18.7 Å². The summed E-state index contributed by atoms with van der Waals surface area (Å²) < 4.78 is 14.7. The fourth-order valence-electron chi connectivity index (χ4n) is 2.22. The molecular formula is C12H13FN4. The molecule has 0 saturated carbocycles. The molecule has 1 aromatic carbocycles. The Labute approximate surface area is 98.4 Å². The smallest absolute Gasteiger partial charge is 0.150 e. The van der Waals surface area contributed by atoms with Gasteiger partial charge in [-0.2, -0.15) is 5.10 Å². The first-order chi connectivity index (χ1) is 8.15. The zero-order chi connectivity index (χ0) is 12.0. The van der Waals surface area contributed by atoms with Crippen molar-refractivity contribution in [3.63, 3.8) is 0 Å². The van der Waals surface area contributed by atoms with Crippen molar-refractivity contribution < 1.29 is 4.39 Å². The maximum absolute atomic E-state index is 12.9. The van der Waals surface area contributed by atoms with E-state index in [0.717, 1.165) is 30.0 Å². The lowest BCUT2D eigenvalue weighted by atomic mass is 10.2. The molecule has 0 unspecified atom stereocenters. The molecule has 0 spiro atoms. The van der Waals surface area contributed by atoms with E-state index in [4.69, 9.17) is 5.73 Å². The van der Waals surface area contributed by atoms with Crippen molar-refractivity contribution in [2.24, 2.45) is 0 Å². The first-order valence-electron chi connectivity index (χ1n) is 5.46. The average molecular weight is 232 g/mol. The number of anilines is 1. The van der Waals surface area contributed by atoms with Crippen LogP contribution < -0.4 is 5.73 Å². The van der Waals surface area contributed by atoms with Crippen LogP contribution >= 0.6 is 0 Å². The second-order valence-corrected chi connectivity index (χ2v) is 4.37. The van der Waals surface area contributed by atoms with Crippen LogP contribution in [0.4, 0.5) is 10.2 Å². The number of nitrogens with zero attached hydrogens (tertiary/aromatic N) is 3. The molecule has 0 saturated heterocycles. The van der Waals surface area contributed by atoms with E-state index in [-0.39, 0.29) is 5.82 Å². The zero-order valence-electron chi connectivity index (χ0n) is 9.52. The molecule has 1 aliphatic heterocycles. The highest BCUT2D eigenvalue weighted by atomic mass is 19.1. The van der Waals surface area contributed by atoms with Crippen LogP contribution in [0.2, 0.25) is 0 Å². The first-order valence-corrected chi connectivity index (χ1v) is 5.46. The molecule has 0 fully saturated rings. The number of hydrogen-bond acceptors (Lipinski definition) is 3. The van der Waals surface area contributed by atoms with Crippen LogP contribution in [0.25, 0.3) is 5.69 Å². The molecule has 2 aromatic rings. The van der Waals surface area contributed by atoms with Gasteiger partial charge in [0.2, 0.25) is 0 Å². The summed E-state index contributed by atoms with van der Waals surface area (Å²) in [5, 5.41) is 4.31. The Morgan fingerprint density at radius 1 is 1.24 bits per heavy atom. The summed E-state index contributed by atoms with van der Waals surface area (Å²) in [6, 6.07) is 6.28. The van der Waals surface area contributed by atoms with Crippen LogP contribution in [0.5, 0.6) is 0 Å². The highest BCUT2D eigenvalue weighted by Gasteiger charge is 2.24. The largest absolute Gasteiger partial charge is 0.382 e. The van der Waals surface area contributed by atoms with E-state index < -0.39 is 0 Å². The van der Waals surface area contributed by atoms with E-state index >= 15 is 0 Å². The molecule has 5 heteroatoms. The maximum atomic E-state index is 12.9. The average Bonchev–Trinajstić information content (AvgIpc) is 2.80. The van der Waals surface area contributed by atoms with Crippen LogP contribution in [-0.4, -0.2) is 21.7 Å². The zero-order valence-corrected chi connectivity index (χ0v) is 9.52. The van der Waals surface area contributed by atoms with Crippen molar-refractivity contribution in [1.82, 2.24) is 14.7 Å². The lowest BCUT2D eigenvalue weighted by Gasteiger charge is -2.08. The Bertz CT molecular complexity index is 559. The monoisotopic (exact) mass is 232 g/mol. The normalized spacial score (nSPS) is 15.2. The number of nitrogen functional groups attached to an aromatic ring is 1. The van der Waals surface area contributed by atoms with Crippen molar-refractivity contribution in [3.05, 3.63) is 41.3 Å². The van der Waals surface area contributed by atoms with Gasteiger partial charge >= 0.3 is 0 Å². The molecule has 0 aliphatic carbocycles. The molecule has 2 N–H and O–H groups in total. The van der Waals surface area contributed by atoms with E-state index in [1.54, 1.807) is 16.8 Å². The molecule has 2 heterocycles. The molecule has 1 aliphatic rings. The first kappa shape index (κ1) is 10.3. The van der Waals surface area contributed by atoms with E-state index in [1.165, 1.54) is 12.1 Å². The van der Waals surface area contributed by atoms with Crippen LogP contribution in [0.1, 0.15) is 11.3 Å². The Kier molecular flexibility index (Phi) is 2.16. The van der Waals surface area contributed by atoms with Crippen molar-refractivity contribution in [2.75, 3.05) is 12.8 Å². The Hall–Kier alpha value is -1.88. The lowest BCUT2D eigenvalue weighted by Crippen LogP contribution is -2.12. The van der Waals surface area contributed by atoms with Crippen molar-refractivity contribution in [3.8, 4) is 5.69 Å². The van der Waals surface area contributed by atoms with E-state index in [2.05, 4.69) is 10.00 Å². The summed E-state index contributed by atoms with van der Waals surface area (Å²) in [5.74, 6) is 0.316. The second-order valence-electron chi connectivity index (χ2n) is 4.37. The third-order valence-corrected chi connectivity index (χ3v) is 3.04.